The second kappa shape index (κ2) is 6.16. The van der Waals surface area contributed by atoms with E-state index in [-0.39, 0.29) is 12.1 Å². The van der Waals surface area contributed by atoms with Crippen LogP contribution in [0.1, 0.15) is 21.6 Å². The molecule has 0 aliphatic carbocycles. The van der Waals surface area contributed by atoms with E-state index in [1.807, 2.05) is 0 Å². The molecule has 8 heteroatoms. The van der Waals surface area contributed by atoms with Gasteiger partial charge in [-0.15, -0.1) is 0 Å². The van der Waals surface area contributed by atoms with E-state index in [9.17, 15) is 18.0 Å². The van der Waals surface area contributed by atoms with Crippen LogP contribution in [-0.4, -0.2) is 15.3 Å². The Labute approximate surface area is 139 Å². The standard InChI is InChI=1S/C16H11ClF3N3O/c17-12-4-5-14-22-13(9-23(14)8-12)7-21-15(24)10-2-1-3-11(6-10)16(18,19)20/h1-6,8-9H,7H2,(H,21,24). The molecule has 0 atom stereocenters. The minimum Gasteiger partial charge on any atom is -0.346 e. The van der Waals surface area contributed by atoms with Crippen LogP contribution in [0.2, 0.25) is 5.02 Å². The number of pyridine rings is 1. The number of carbonyl (C=O) groups excluding carboxylic acids is 1. The molecule has 0 spiro atoms. The minimum atomic E-state index is -4.49. The van der Waals surface area contributed by atoms with E-state index in [0.29, 0.717) is 16.4 Å². The number of rotatable bonds is 3. The van der Waals surface area contributed by atoms with Gasteiger partial charge in [-0.2, -0.15) is 13.2 Å². The molecule has 0 fully saturated rings. The van der Waals surface area contributed by atoms with Crippen LogP contribution in [0.3, 0.4) is 0 Å². The number of aromatic nitrogens is 2. The highest BCUT2D eigenvalue weighted by Crippen LogP contribution is 2.29. The van der Waals surface area contributed by atoms with Crippen molar-refractivity contribution in [2.75, 3.05) is 0 Å². The third-order valence-electron chi connectivity index (χ3n) is 3.35. The van der Waals surface area contributed by atoms with Gasteiger partial charge in [0.05, 0.1) is 22.8 Å². The second-order valence-corrected chi connectivity index (χ2v) is 5.54. The number of benzene rings is 1. The van der Waals surface area contributed by atoms with Crippen LogP contribution in [0.5, 0.6) is 0 Å². The maximum atomic E-state index is 12.7. The summed E-state index contributed by atoms with van der Waals surface area (Å²) >= 11 is 5.88. The summed E-state index contributed by atoms with van der Waals surface area (Å²) in [6.07, 6.45) is -1.13. The molecule has 1 amide bonds. The van der Waals surface area contributed by atoms with Crippen LogP contribution in [0.25, 0.3) is 5.65 Å². The molecule has 24 heavy (non-hydrogen) atoms. The van der Waals surface area contributed by atoms with Crippen LogP contribution < -0.4 is 5.32 Å². The SMILES string of the molecule is O=C(NCc1cn2cc(Cl)ccc2n1)c1cccc(C(F)(F)F)c1. The summed E-state index contributed by atoms with van der Waals surface area (Å²) in [6, 6.07) is 7.68. The van der Waals surface area contributed by atoms with E-state index in [1.165, 1.54) is 12.1 Å². The summed E-state index contributed by atoms with van der Waals surface area (Å²) in [5, 5.41) is 3.10. The molecule has 0 saturated heterocycles. The van der Waals surface area contributed by atoms with Crippen molar-refractivity contribution in [1.29, 1.82) is 0 Å². The van der Waals surface area contributed by atoms with Crippen LogP contribution in [0, 0.1) is 0 Å². The van der Waals surface area contributed by atoms with Gasteiger partial charge >= 0.3 is 6.18 Å². The molecule has 2 heterocycles. The quantitative estimate of drug-likeness (QED) is 0.775. The minimum absolute atomic E-state index is 0.0587. The third-order valence-corrected chi connectivity index (χ3v) is 3.57. The summed E-state index contributed by atoms with van der Waals surface area (Å²) in [7, 11) is 0. The highest BCUT2D eigenvalue weighted by molar-refractivity contribution is 6.30. The van der Waals surface area contributed by atoms with Gasteiger partial charge in [-0.05, 0) is 30.3 Å². The van der Waals surface area contributed by atoms with Crippen molar-refractivity contribution in [1.82, 2.24) is 14.7 Å². The number of alkyl halides is 3. The number of amides is 1. The Kier molecular flexibility index (Phi) is 4.19. The first-order valence-corrected chi connectivity index (χ1v) is 7.29. The summed E-state index contributed by atoms with van der Waals surface area (Å²) in [5.41, 5.74) is 0.300. The van der Waals surface area contributed by atoms with Crippen molar-refractivity contribution in [3.05, 3.63) is 70.6 Å². The maximum Gasteiger partial charge on any atom is 0.416 e. The van der Waals surface area contributed by atoms with Crippen molar-refractivity contribution in [3.63, 3.8) is 0 Å². The Bertz CT molecular complexity index is 905. The molecular weight excluding hydrogens is 343 g/mol. The lowest BCUT2D eigenvalue weighted by atomic mass is 10.1. The highest BCUT2D eigenvalue weighted by atomic mass is 35.5. The van der Waals surface area contributed by atoms with E-state index in [2.05, 4.69) is 10.3 Å². The van der Waals surface area contributed by atoms with Crippen molar-refractivity contribution in [2.24, 2.45) is 0 Å². The van der Waals surface area contributed by atoms with Gasteiger partial charge in [-0.25, -0.2) is 4.98 Å². The average molecular weight is 354 g/mol. The zero-order chi connectivity index (χ0) is 17.3. The fraction of sp³-hybridized carbons (Fsp3) is 0.125. The highest BCUT2D eigenvalue weighted by Gasteiger charge is 2.30. The number of hydrogen-bond acceptors (Lipinski definition) is 2. The Morgan fingerprint density at radius 1 is 1.21 bits per heavy atom. The molecule has 0 saturated carbocycles. The van der Waals surface area contributed by atoms with Gasteiger partial charge < -0.3 is 9.72 Å². The molecule has 1 aromatic carbocycles. The predicted molar refractivity (Wildman–Crippen MR) is 82.8 cm³/mol. The average Bonchev–Trinajstić information content (AvgIpc) is 2.94. The molecule has 0 unspecified atom stereocenters. The molecule has 3 aromatic rings. The Morgan fingerprint density at radius 3 is 2.75 bits per heavy atom. The number of nitrogens with one attached hydrogen (secondary N) is 1. The zero-order valence-electron chi connectivity index (χ0n) is 12.1. The van der Waals surface area contributed by atoms with E-state index in [4.69, 9.17) is 11.6 Å². The van der Waals surface area contributed by atoms with Gasteiger partial charge in [0.2, 0.25) is 0 Å². The topological polar surface area (TPSA) is 46.4 Å². The maximum absolute atomic E-state index is 12.7. The Balaban J connectivity index is 1.72. The summed E-state index contributed by atoms with van der Waals surface area (Å²) in [6.45, 7) is 0.0916. The smallest absolute Gasteiger partial charge is 0.346 e. The molecule has 3 rings (SSSR count). The van der Waals surface area contributed by atoms with Crippen molar-refractivity contribution in [2.45, 2.75) is 12.7 Å². The van der Waals surface area contributed by atoms with E-state index in [1.54, 1.807) is 28.9 Å². The largest absolute Gasteiger partial charge is 0.416 e. The molecular formula is C16H11ClF3N3O. The molecule has 4 nitrogen and oxygen atoms in total. The van der Waals surface area contributed by atoms with Crippen LogP contribution in [0.4, 0.5) is 13.2 Å². The molecule has 0 aliphatic rings. The molecule has 124 valence electrons. The van der Waals surface area contributed by atoms with Gasteiger partial charge in [0, 0.05) is 18.0 Å². The number of imidazole rings is 1. The summed E-state index contributed by atoms with van der Waals surface area (Å²) in [5.74, 6) is -0.601. The molecule has 0 bridgehead atoms. The molecule has 2 aromatic heterocycles. The third kappa shape index (κ3) is 3.51. The molecule has 0 radical (unpaired) electrons. The predicted octanol–water partition coefficient (Wildman–Crippen LogP) is 3.94. The lowest BCUT2D eigenvalue weighted by molar-refractivity contribution is -0.137. The fourth-order valence-corrected chi connectivity index (χ4v) is 2.38. The number of carbonyl (C=O) groups is 1. The summed E-state index contributed by atoms with van der Waals surface area (Å²) < 4.78 is 39.7. The van der Waals surface area contributed by atoms with Gasteiger partial charge in [-0.1, -0.05) is 17.7 Å². The lowest BCUT2D eigenvalue weighted by Gasteiger charge is -2.08. The lowest BCUT2D eigenvalue weighted by Crippen LogP contribution is -2.23. The van der Waals surface area contributed by atoms with Gasteiger partial charge in [0.1, 0.15) is 5.65 Å². The monoisotopic (exact) mass is 353 g/mol. The van der Waals surface area contributed by atoms with E-state index >= 15 is 0 Å². The Hall–Kier alpha value is -2.54. The van der Waals surface area contributed by atoms with Crippen LogP contribution in [-0.2, 0) is 12.7 Å². The normalized spacial score (nSPS) is 11.7. The van der Waals surface area contributed by atoms with E-state index in [0.717, 1.165) is 12.1 Å². The summed E-state index contributed by atoms with van der Waals surface area (Å²) in [4.78, 5) is 16.3. The molecule has 0 aliphatic heterocycles. The van der Waals surface area contributed by atoms with Gasteiger partial charge in [-0.3, -0.25) is 4.79 Å². The van der Waals surface area contributed by atoms with E-state index < -0.39 is 17.6 Å². The zero-order valence-corrected chi connectivity index (χ0v) is 12.9. The van der Waals surface area contributed by atoms with Crippen molar-refractivity contribution < 1.29 is 18.0 Å². The first-order valence-electron chi connectivity index (χ1n) is 6.91. The number of halogens is 4. The number of fused-ring (bicyclic) bond motifs is 1. The fourth-order valence-electron chi connectivity index (χ4n) is 2.21. The number of nitrogens with zero attached hydrogens (tertiary/aromatic N) is 2. The van der Waals surface area contributed by atoms with Crippen molar-refractivity contribution >= 4 is 23.2 Å². The molecule has 1 N–H and O–H groups in total. The van der Waals surface area contributed by atoms with Gasteiger partial charge in [0.15, 0.2) is 0 Å². The Morgan fingerprint density at radius 2 is 2.00 bits per heavy atom. The second-order valence-electron chi connectivity index (χ2n) is 5.11. The van der Waals surface area contributed by atoms with Crippen LogP contribution >= 0.6 is 11.6 Å². The number of hydrogen-bond donors (Lipinski definition) is 1. The first kappa shape index (κ1) is 16.3. The van der Waals surface area contributed by atoms with Gasteiger partial charge in [0.25, 0.3) is 5.91 Å². The first-order chi connectivity index (χ1) is 11.3. The van der Waals surface area contributed by atoms with Crippen LogP contribution in [0.15, 0.2) is 48.8 Å². The van der Waals surface area contributed by atoms with Crippen molar-refractivity contribution in [3.8, 4) is 0 Å².